The van der Waals surface area contributed by atoms with Crippen molar-refractivity contribution in [3.8, 4) is 0 Å². The fourth-order valence-electron chi connectivity index (χ4n) is 2.99. The van der Waals surface area contributed by atoms with Gasteiger partial charge in [0.2, 0.25) is 5.91 Å². The zero-order valence-corrected chi connectivity index (χ0v) is 12.0. The van der Waals surface area contributed by atoms with Crippen LogP contribution >= 0.6 is 0 Å². The summed E-state index contributed by atoms with van der Waals surface area (Å²) in [6.45, 7) is 5.13. The molecule has 0 spiro atoms. The van der Waals surface area contributed by atoms with E-state index in [1.807, 2.05) is 4.90 Å². The second-order valence-electron chi connectivity index (χ2n) is 5.85. The van der Waals surface area contributed by atoms with E-state index in [1.165, 1.54) is 25.7 Å². The van der Waals surface area contributed by atoms with Crippen LogP contribution < -0.4 is 5.32 Å². The Morgan fingerprint density at radius 3 is 2.63 bits per heavy atom. The molecule has 2 rings (SSSR count). The van der Waals surface area contributed by atoms with Crippen LogP contribution in [-0.2, 0) is 9.53 Å². The van der Waals surface area contributed by atoms with Crippen LogP contribution in [0.4, 0.5) is 0 Å². The average Bonchev–Trinajstić information content (AvgIpc) is 2.73. The van der Waals surface area contributed by atoms with Gasteiger partial charge in [0.25, 0.3) is 0 Å². The van der Waals surface area contributed by atoms with Crippen molar-refractivity contribution in [2.45, 2.75) is 44.9 Å². The maximum absolute atomic E-state index is 12.0. The van der Waals surface area contributed by atoms with E-state index in [0.29, 0.717) is 0 Å². The Morgan fingerprint density at radius 1 is 1.16 bits per heavy atom. The van der Waals surface area contributed by atoms with Gasteiger partial charge in [0, 0.05) is 19.7 Å². The number of hydrogen-bond acceptors (Lipinski definition) is 3. The van der Waals surface area contributed by atoms with Crippen LogP contribution in [0.2, 0.25) is 0 Å². The number of amides is 1. The molecule has 0 aromatic rings. The van der Waals surface area contributed by atoms with Crippen molar-refractivity contribution < 1.29 is 9.53 Å². The Hall–Kier alpha value is -0.610. The van der Waals surface area contributed by atoms with Gasteiger partial charge < -0.3 is 15.0 Å². The highest BCUT2D eigenvalue weighted by Crippen LogP contribution is 2.14. The highest BCUT2D eigenvalue weighted by Gasteiger charge is 2.16. The minimum absolute atomic E-state index is 0.184. The molecule has 0 saturated carbocycles. The third-order valence-electron chi connectivity index (χ3n) is 4.25. The molecule has 0 radical (unpaired) electrons. The van der Waals surface area contributed by atoms with Crippen LogP contribution in [0.3, 0.4) is 0 Å². The van der Waals surface area contributed by atoms with Gasteiger partial charge in [0.1, 0.15) is 6.61 Å². The highest BCUT2D eigenvalue weighted by molar-refractivity contribution is 5.77. The largest absolute Gasteiger partial charge is 0.372 e. The number of carbonyl (C=O) groups is 1. The molecular formula is C15H28N2O2. The van der Waals surface area contributed by atoms with Crippen molar-refractivity contribution in [3.05, 3.63) is 0 Å². The van der Waals surface area contributed by atoms with E-state index in [2.05, 4.69) is 5.32 Å². The standard InChI is InChI=1S/C15H28N2O2/c18-15(17-9-3-1-2-4-10-17)13-19-11-7-14-6-5-8-16-12-14/h14,16H,1-13H2. The van der Waals surface area contributed by atoms with Gasteiger partial charge in [-0.05, 0) is 51.1 Å². The van der Waals surface area contributed by atoms with E-state index >= 15 is 0 Å². The van der Waals surface area contributed by atoms with Gasteiger partial charge in [-0.3, -0.25) is 4.79 Å². The molecule has 19 heavy (non-hydrogen) atoms. The first kappa shape index (κ1) is 14.8. The summed E-state index contributed by atoms with van der Waals surface area (Å²) in [6, 6.07) is 0. The lowest BCUT2D eigenvalue weighted by Gasteiger charge is -2.23. The summed E-state index contributed by atoms with van der Waals surface area (Å²) in [6.07, 6.45) is 8.49. The van der Waals surface area contributed by atoms with Crippen molar-refractivity contribution in [1.82, 2.24) is 10.2 Å². The SMILES string of the molecule is O=C(COCCC1CCCNC1)N1CCCCCC1. The van der Waals surface area contributed by atoms with Gasteiger partial charge in [0.15, 0.2) is 0 Å². The van der Waals surface area contributed by atoms with Gasteiger partial charge in [0.05, 0.1) is 0 Å². The zero-order chi connectivity index (χ0) is 13.3. The molecule has 1 unspecified atom stereocenters. The van der Waals surface area contributed by atoms with Crippen molar-refractivity contribution in [1.29, 1.82) is 0 Å². The van der Waals surface area contributed by atoms with Crippen LogP contribution in [0.15, 0.2) is 0 Å². The number of ether oxygens (including phenoxy) is 1. The van der Waals surface area contributed by atoms with Crippen LogP contribution in [-0.4, -0.2) is 50.2 Å². The monoisotopic (exact) mass is 268 g/mol. The first-order chi connectivity index (χ1) is 9.36. The first-order valence-corrected chi connectivity index (χ1v) is 7.92. The molecule has 2 saturated heterocycles. The lowest BCUT2D eigenvalue weighted by molar-refractivity contribution is -0.136. The summed E-state index contributed by atoms with van der Waals surface area (Å²) < 4.78 is 5.57. The van der Waals surface area contributed by atoms with Crippen molar-refractivity contribution in [2.75, 3.05) is 39.4 Å². The van der Waals surface area contributed by atoms with Crippen LogP contribution in [0.25, 0.3) is 0 Å². The predicted molar refractivity (Wildman–Crippen MR) is 76.1 cm³/mol. The van der Waals surface area contributed by atoms with Gasteiger partial charge in [-0.15, -0.1) is 0 Å². The summed E-state index contributed by atoms with van der Waals surface area (Å²) in [7, 11) is 0. The number of rotatable bonds is 5. The number of hydrogen-bond donors (Lipinski definition) is 1. The fraction of sp³-hybridized carbons (Fsp3) is 0.933. The molecule has 4 nitrogen and oxygen atoms in total. The maximum atomic E-state index is 12.0. The number of nitrogens with zero attached hydrogens (tertiary/aromatic N) is 1. The number of piperidine rings is 1. The van der Waals surface area contributed by atoms with E-state index in [1.54, 1.807) is 0 Å². The Kier molecular flexibility index (Phi) is 6.65. The van der Waals surface area contributed by atoms with Crippen LogP contribution in [0.5, 0.6) is 0 Å². The van der Waals surface area contributed by atoms with Gasteiger partial charge in [-0.25, -0.2) is 0 Å². The topological polar surface area (TPSA) is 41.6 Å². The van der Waals surface area contributed by atoms with Crippen LogP contribution in [0, 0.1) is 5.92 Å². The van der Waals surface area contributed by atoms with Gasteiger partial charge >= 0.3 is 0 Å². The molecule has 2 aliphatic rings. The Labute approximate surface area is 116 Å². The molecule has 0 aromatic heterocycles. The van der Waals surface area contributed by atoms with Crippen molar-refractivity contribution >= 4 is 5.91 Å². The highest BCUT2D eigenvalue weighted by atomic mass is 16.5. The quantitative estimate of drug-likeness (QED) is 0.773. The van der Waals surface area contributed by atoms with E-state index < -0.39 is 0 Å². The maximum Gasteiger partial charge on any atom is 0.248 e. The van der Waals surface area contributed by atoms with Crippen molar-refractivity contribution in [2.24, 2.45) is 5.92 Å². The first-order valence-electron chi connectivity index (χ1n) is 7.92. The van der Waals surface area contributed by atoms with Gasteiger partial charge in [-0.1, -0.05) is 12.8 Å². The Bertz CT molecular complexity index is 257. The molecule has 1 amide bonds. The number of likely N-dealkylation sites (tertiary alicyclic amines) is 1. The predicted octanol–water partition coefficient (Wildman–Crippen LogP) is 1.80. The summed E-state index contributed by atoms with van der Waals surface area (Å²) in [5, 5.41) is 3.41. The third kappa shape index (κ3) is 5.49. The summed E-state index contributed by atoms with van der Waals surface area (Å²) in [4.78, 5) is 14.0. The van der Waals surface area contributed by atoms with E-state index in [0.717, 1.165) is 58.0 Å². The average molecular weight is 268 g/mol. The molecule has 1 atom stereocenters. The Balaban J connectivity index is 1.55. The number of carbonyl (C=O) groups excluding carboxylic acids is 1. The minimum atomic E-state index is 0.184. The molecule has 0 aromatic carbocycles. The molecule has 2 fully saturated rings. The summed E-state index contributed by atoms with van der Waals surface area (Å²) in [5.74, 6) is 0.922. The zero-order valence-electron chi connectivity index (χ0n) is 12.0. The Morgan fingerprint density at radius 2 is 1.95 bits per heavy atom. The van der Waals surface area contributed by atoms with E-state index in [4.69, 9.17) is 4.74 Å². The molecule has 0 bridgehead atoms. The molecule has 2 aliphatic heterocycles. The second-order valence-corrected chi connectivity index (χ2v) is 5.85. The third-order valence-corrected chi connectivity index (χ3v) is 4.25. The summed E-state index contributed by atoms with van der Waals surface area (Å²) >= 11 is 0. The molecule has 1 N–H and O–H groups in total. The molecule has 110 valence electrons. The number of nitrogens with one attached hydrogen (secondary N) is 1. The van der Waals surface area contributed by atoms with Crippen LogP contribution in [0.1, 0.15) is 44.9 Å². The van der Waals surface area contributed by atoms with E-state index in [-0.39, 0.29) is 12.5 Å². The molecule has 4 heteroatoms. The molecular weight excluding hydrogens is 240 g/mol. The second kappa shape index (κ2) is 8.54. The smallest absolute Gasteiger partial charge is 0.248 e. The fourth-order valence-corrected chi connectivity index (χ4v) is 2.99. The lowest BCUT2D eigenvalue weighted by atomic mass is 9.97. The minimum Gasteiger partial charge on any atom is -0.372 e. The van der Waals surface area contributed by atoms with E-state index in [9.17, 15) is 4.79 Å². The summed E-state index contributed by atoms with van der Waals surface area (Å²) in [5.41, 5.74) is 0. The van der Waals surface area contributed by atoms with Gasteiger partial charge in [-0.2, -0.15) is 0 Å². The van der Waals surface area contributed by atoms with Crippen molar-refractivity contribution in [3.63, 3.8) is 0 Å². The normalized spacial score (nSPS) is 25.1. The molecule has 0 aliphatic carbocycles. The lowest BCUT2D eigenvalue weighted by Crippen LogP contribution is -2.35. The molecule has 2 heterocycles.